The Labute approximate surface area is 108 Å². The number of carbonyl (C=O) groups excluding carboxylic acids is 1. The fourth-order valence-electron chi connectivity index (χ4n) is 2.46. The summed E-state index contributed by atoms with van der Waals surface area (Å²) in [6.07, 6.45) is 0.894. The molecule has 0 aromatic heterocycles. The van der Waals surface area contributed by atoms with Crippen molar-refractivity contribution in [2.24, 2.45) is 5.92 Å². The van der Waals surface area contributed by atoms with Crippen molar-refractivity contribution in [3.8, 4) is 5.75 Å². The molecular formula is C14H20N2O2. The Balaban J connectivity index is 2.01. The molecule has 0 radical (unpaired) electrons. The lowest BCUT2D eigenvalue weighted by Gasteiger charge is -2.23. The molecule has 1 aliphatic rings. The Morgan fingerprint density at radius 1 is 1.50 bits per heavy atom. The Bertz CT molecular complexity index is 434. The summed E-state index contributed by atoms with van der Waals surface area (Å²) in [6.45, 7) is 3.40. The van der Waals surface area contributed by atoms with Crippen molar-refractivity contribution in [1.29, 1.82) is 0 Å². The second-order valence-corrected chi connectivity index (χ2v) is 4.96. The van der Waals surface area contributed by atoms with Crippen LogP contribution in [0, 0.1) is 5.92 Å². The van der Waals surface area contributed by atoms with E-state index in [2.05, 4.69) is 5.32 Å². The number of phenolic OH excluding ortho intramolecular Hbond substituents is 1. The quantitative estimate of drug-likeness (QED) is 0.849. The first-order valence-electron chi connectivity index (χ1n) is 6.35. The average molecular weight is 248 g/mol. The molecule has 2 atom stereocenters. The van der Waals surface area contributed by atoms with Crippen molar-refractivity contribution in [3.63, 3.8) is 0 Å². The lowest BCUT2D eigenvalue weighted by atomic mass is 10.0. The monoisotopic (exact) mass is 248 g/mol. The first kappa shape index (κ1) is 12.9. The highest BCUT2D eigenvalue weighted by atomic mass is 16.3. The summed E-state index contributed by atoms with van der Waals surface area (Å²) in [4.78, 5) is 14.0. The van der Waals surface area contributed by atoms with E-state index in [1.807, 2.05) is 19.1 Å². The zero-order chi connectivity index (χ0) is 13.1. The fourth-order valence-corrected chi connectivity index (χ4v) is 2.46. The minimum atomic E-state index is 0.0563. The van der Waals surface area contributed by atoms with Crippen molar-refractivity contribution in [2.75, 3.05) is 13.6 Å². The van der Waals surface area contributed by atoms with Gasteiger partial charge in [0.2, 0.25) is 5.91 Å². The lowest BCUT2D eigenvalue weighted by Crippen LogP contribution is -2.37. The maximum atomic E-state index is 12.3. The second-order valence-electron chi connectivity index (χ2n) is 4.96. The number of aromatic hydroxyl groups is 1. The van der Waals surface area contributed by atoms with Gasteiger partial charge in [-0.1, -0.05) is 18.2 Å². The SMILES string of the molecule is CC1NCCC1C(=O)N(C)Cc1ccccc1O. The highest BCUT2D eigenvalue weighted by Gasteiger charge is 2.31. The van der Waals surface area contributed by atoms with E-state index < -0.39 is 0 Å². The maximum absolute atomic E-state index is 12.3. The number of nitrogens with zero attached hydrogens (tertiary/aromatic N) is 1. The third-order valence-corrected chi connectivity index (χ3v) is 3.62. The van der Waals surface area contributed by atoms with Crippen LogP contribution >= 0.6 is 0 Å². The van der Waals surface area contributed by atoms with Crippen LogP contribution in [0.4, 0.5) is 0 Å². The third kappa shape index (κ3) is 2.64. The topological polar surface area (TPSA) is 52.6 Å². The molecule has 4 nitrogen and oxygen atoms in total. The number of amides is 1. The first-order valence-corrected chi connectivity index (χ1v) is 6.35. The highest BCUT2D eigenvalue weighted by Crippen LogP contribution is 2.21. The number of nitrogens with one attached hydrogen (secondary N) is 1. The summed E-state index contributed by atoms with van der Waals surface area (Å²) < 4.78 is 0. The van der Waals surface area contributed by atoms with Crippen molar-refractivity contribution >= 4 is 5.91 Å². The molecule has 1 aromatic carbocycles. The van der Waals surface area contributed by atoms with Crippen LogP contribution in [0.5, 0.6) is 5.75 Å². The van der Waals surface area contributed by atoms with E-state index in [0.717, 1.165) is 18.5 Å². The van der Waals surface area contributed by atoms with Gasteiger partial charge in [-0.3, -0.25) is 4.79 Å². The summed E-state index contributed by atoms with van der Waals surface area (Å²) in [5.41, 5.74) is 0.784. The van der Waals surface area contributed by atoms with E-state index in [1.165, 1.54) is 0 Å². The van der Waals surface area contributed by atoms with Gasteiger partial charge in [-0.05, 0) is 26.0 Å². The predicted octanol–water partition coefficient (Wildman–Crippen LogP) is 1.35. The smallest absolute Gasteiger partial charge is 0.227 e. The first-order chi connectivity index (χ1) is 8.59. The van der Waals surface area contributed by atoms with Crippen LogP contribution in [0.2, 0.25) is 0 Å². The van der Waals surface area contributed by atoms with Gasteiger partial charge in [-0.2, -0.15) is 0 Å². The summed E-state index contributed by atoms with van der Waals surface area (Å²) in [5, 5.41) is 13.0. The molecule has 1 fully saturated rings. The molecule has 2 unspecified atom stereocenters. The molecule has 0 saturated carbocycles. The summed E-state index contributed by atoms with van der Waals surface area (Å²) >= 11 is 0. The molecule has 1 heterocycles. The lowest BCUT2D eigenvalue weighted by molar-refractivity contribution is -0.134. The van der Waals surface area contributed by atoms with Crippen LogP contribution in [0.1, 0.15) is 18.9 Å². The van der Waals surface area contributed by atoms with Crippen molar-refractivity contribution in [3.05, 3.63) is 29.8 Å². The molecule has 1 aliphatic heterocycles. The van der Waals surface area contributed by atoms with E-state index in [1.54, 1.807) is 24.1 Å². The fraction of sp³-hybridized carbons (Fsp3) is 0.500. The third-order valence-electron chi connectivity index (χ3n) is 3.62. The number of hydrogen-bond acceptors (Lipinski definition) is 3. The molecule has 0 aliphatic carbocycles. The highest BCUT2D eigenvalue weighted by molar-refractivity contribution is 5.79. The van der Waals surface area contributed by atoms with Gasteiger partial charge in [-0.25, -0.2) is 0 Å². The van der Waals surface area contributed by atoms with Crippen LogP contribution < -0.4 is 5.32 Å². The minimum Gasteiger partial charge on any atom is -0.508 e. The summed E-state index contributed by atoms with van der Waals surface area (Å²) in [5.74, 6) is 0.450. The van der Waals surface area contributed by atoms with Crippen molar-refractivity contribution < 1.29 is 9.90 Å². The van der Waals surface area contributed by atoms with Crippen LogP contribution in [-0.2, 0) is 11.3 Å². The van der Waals surface area contributed by atoms with Gasteiger partial charge in [0.1, 0.15) is 5.75 Å². The van der Waals surface area contributed by atoms with E-state index in [9.17, 15) is 9.90 Å². The second kappa shape index (κ2) is 5.40. The molecule has 1 saturated heterocycles. The molecule has 2 rings (SSSR count). The van der Waals surface area contributed by atoms with Crippen LogP contribution in [0.25, 0.3) is 0 Å². The van der Waals surface area contributed by atoms with Gasteiger partial charge < -0.3 is 15.3 Å². The van der Waals surface area contributed by atoms with E-state index in [4.69, 9.17) is 0 Å². The van der Waals surface area contributed by atoms with E-state index in [-0.39, 0.29) is 23.6 Å². The Hall–Kier alpha value is -1.55. The van der Waals surface area contributed by atoms with Crippen molar-refractivity contribution in [1.82, 2.24) is 10.2 Å². The molecule has 1 aromatic rings. The van der Waals surface area contributed by atoms with Crippen LogP contribution in [0.3, 0.4) is 0 Å². The maximum Gasteiger partial charge on any atom is 0.227 e. The number of rotatable bonds is 3. The van der Waals surface area contributed by atoms with Gasteiger partial charge in [-0.15, -0.1) is 0 Å². The Morgan fingerprint density at radius 3 is 2.83 bits per heavy atom. The molecule has 0 bridgehead atoms. The number of hydrogen-bond donors (Lipinski definition) is 2. The normalized spacial score (nSPS) is 23.0. The van der Waals surface area contributed by atoms with E-state index >= 15 is 0 Å². The zero-order valence-corrected chi connectivity index (χ0v) is 10.9. The molecule has 4 heteroatoms. The van der Waals surface area contributed by atoms with Gasteiger partial charge in [0, 0.05) is 25.2 Å². The summed E-state index contributed by atoms with van der Waals surface area (Å²) in [7, 11) is 1.79. The molecular weight excluding hydrogens is 228 g/mol. The number of carbonyl (C=O) groups is 1. The largest absolute Gasteiger partial charge is 0.508 e. The Morgan fingerprint density at radius 2 is 2.22 bits per heavy atom. The van der Waals surface area contributed by atoms with Gasteiger partial charge in [0.15, 0.2) is 0 Å². The molecule has 2 N–H and O–H groups in total. The van der Waals surface area contributed by atoms with Gasteiger partial charge >= 0.3 is 0 Å². The number of phenols is 1. The van der Waals surface area contributed by atoms with Gasteiger partial charge in [0.05, 0.1) is 5.92 Å². The van der Waals surface area contributed by atoms with E-state index in [0.29, 0.717) is 6.54 Å². The van der Waals surface area contributed by atoms with Crippen LogP contribution in [-0.4, -0.2) is 35.5 Å². The molecule has 1 amide bonds. The molecule has 0 spiro atoms. The van der Waals surface area contributed by atoms with Crippen molar-refractivity contribution in [2.45, 2.75) is 25.9 Å². The van der Waals surface area contributed by atoms with Crippen LogP contribution in [0.15, 0.2) is 24.3 Å². The molecule has 98 valence electrons. The minimum absolute atomic E-state index is 0.0563. The summed E-state index contributed by atoms with van der Waals surface area (Å²) in [6, 6.07) is 7.38. The predicted molar refractivity (Wildman–Crippen MR) is 70.2 cm³/mol. The Kier molecular flexibility index (Phi) is 3.87. The molecule has 18 heavy (non-hydrogen) atoms. The zero-order valence-electron chi connectivity index (χ0n) is 10.9. The number of benzene rings is 1. The standard InChI is InChI=1S/C14H20N2O2/c1-10-12(7-8-15-10)14(18)16(2)9-11-5-3-4-6-13(11)17/h3-6,10,12,15,17H,7-9H2,1-2H3. The average Bonchev–Trinajstić information content (AvgIpc) is 2.77. The number of para-hydroxylation sites is 1. The van der Waals surface area contributed by atoms with Gasteiger partial charge in [0.25, 0.3) is 0 Å².